The Kier molecular flexibility index (Phi) is 6.11. The van der Waals surface area contributed by atoms with Crippen molar-refractivity contribution in [3.05, 3.63) is 35.9 Å². The fourth-order valence-electron chi connectivity index (χ4n) is 1.32. The van der Waals surface area contributed by atoms with Crippen LogP contribution in [0.5, 0.6) is 0 Å². The number of rotatable bonds is 6. The van der Waals surface area contributed by atoms with Gasteiger partial charge in [0.1, 0.15) is 0 Å². The van der Waals surface area contributed by atoms with Crippen LogP contribution in [-0.2, 0) is 4.79 Å². The van der Waals surface area contributed by atoms with Gasteiger partial charge >= 0.3 is 12.0 Å². The second kappa shape index (κ2) is 7.88. The molecule has 0 aromatic heterocycles. The van der Waals surface area contributed by atoms with Gasteiger partial charge in [-0.2, -0.15) is 0 Å². The monoisotopic (exact) mass is 263 g/mol. The molecule has 1 aromatic rings. The van der Waals surface area contributed by atoms with Gasteiger partial charge in [0.25, 0.3) is 0 Å². The van der Waals surface area contributed by atoms with E-state index in [2.05, 4.69) is 10.6 Å². The third-order valence-corrected chi connectivity index (χ3v) is 2.25. The highest BCUT2D eigenvalue weighted by Crippen LogP contribution is 2.10. The van der Waals surface area contributed by atoms with Crippen LogP contribution in [0, 0.1) is 0 Å². The topological polar surface area (TPSA) is 104 Å². The molecule has 19 heavy (non-hydrogen) atoms. The molecule has 0 saturated heterocycles. The van der Waals surface area contributed by atoms with Gasteiger partial charge < -0.3 is 21.5 Å². The maximum absolute atomic E-state index is 11.4. The predicted molar refractivity (Wildman–Crippen MR) is 73.8 cm³/mol. The molecular weight excluding hydrogens is 246 g/mol. The number of aliphatic carboxylic acids is 1. The van der Waals surface area contributed by atoms with E-state index in [0.717, 1.165) is 18.1 Å². The van der Waals surface area contributed by atoms with Gasteiger partial charge in [-0.1, -0.05) is 12.1 Å². The van der Waals surface area contributed by atoms with Gasteiger partial charge in [0.15, 0.2) is 0 Å². The zero-order chi connectivity index (χ0) is 14.1. The Labute approximate surface area is 111 Å². The number of carboxylic acids is 1. The van der Waals surface area contributed by atoms with Crippen molar-refractivity contribution in [3.8, 4) is 0 Å². The van der Waals surface area contributed by atoms with Crippen molar-refractivity contribution < 1.29 is 14.7 Å². The van der Waals surface area contributed by atoms with Crippen molar-refractivity contribution >= 4 is 23.8 Å². The molecule has 0 radical (unpaired) electrons. The second-order valence-electron chi connectivity index (χ2n) is 3.82. The average Bonchev–Trinajstić information content (AvgIpc) is 2.38. The van der Waals surface area contributed by atoms with E-state index in [1.54, 1.807) is 24.3 Å². The van der Waals surface area contributed by atoms with Crippen LogP contribution in [0.3, 0.4) is 0 Å². The minimum Gasteiger partial charge on any atom is -0.478 e. The summed E-state index contributed by atoms with van der Waals surface area (Å²) in [6, 6.07) is 6.54. The lowest BCUT2D eigenvalue weighted by atomic mass is 10.2. The summed E-state index contributed by atoms with van der Waals surface area (Å²) in [4.78, 5) is 21.8. The molecule has 0 fully saturated rings. The van der Waals surface area contributed by atoms with Gasteiger partial charge in [-0.15, -0.1) is 0 Å². The Bertz CT molecular complexity index is 455. The molecule has 0 aliphatic heterocycles. The number of urea groups is 1. The summed E-state index contributed by atoms with van der Waals surface area (Å²) in [5.41, 5.74) is 6.70. The molecule has 0 bridgehead atoms. The highest BCUT2D eigenvalue weighted by molar-refractivity contribution is 5.89. The average molecular weight is 263 g/mol. The standard InChI is InChI=1S/C13H17N3O3/c14-8-1-9-15-13(19)16-11-5-2-10(3-6-11)4-7-12(17)18/h2-7H,1,8-9,14H2,(H,17,18)(H2,15,16,19). The number of carboxylic acid groups (broad SMARTS) is 1. The molecule has 0 atom stereocenters. The smallest absolute Gasteiger partial charge is 0.328 e. The van der Waals surface area contributed by atoms with Crippen molar-refractivity contribution in [2.45, 2.75) is 6.42 Å². The Morgan fingerprint density at radius 3 is 2.53 bits per heavy atom. The quantitative estimate of drug-likeness (QED) is 0.458. The Balaban J connectivity index is 2.47. The fourth-order valence-corrected chi connectivity index (χ4v) is 1.32. The summed E-state index contributed by atoms with van der Waals surface area (Å²) in [6.07, 6.45) is 3.27. The number of nitrogens with one attached hydrogen (secondary N) is 2. The predicted octanol–water partition coefficient (Wildman–Crippen LogP) is 1.25. The van der Waals surface area contributed by atoms with E-state index in [0.29, 0.717) is 18.8 Å². The summed E-state index contributed by atoms with van der Waals surface area (Å²) in [6.45, 7) is 1.06. The zero-order valence-corrected chi connectivity index (χ0v) is 10.4. The van der Waals surface area contributed by atoms with Crippen molar-refractivity contribution in [1.29, 1.82) is 0 Å². The van der Waals surface area contributed by atoms with Gasteiger partial charge in [-0.25, -0.2) is 9.59 Å². The summed E-state index contributed by atoms with van der Waals surface area (Å²) in [7, 11) is 0. The van der Waals surface area contributed by atoms with Crippen LogP contribution in [0.25, 0.3) is 6.08 Å². The van der Waals surface area contributed by atoms with Crippen LogP contribution < -0.4 is 16.4 Å². The highest BCUT2D eigenvalue weighted by Gasteiger charge is 2.00. The van der Waals surface area contributed by atoms with E-state index < -0.39 is 5.97 Å². The minimum atomic E-state index is -0.999. The highest BCUT2D eigenvalue weighted by atomic mass is 16.4. The first kappa shape index (κ1) is 14.7. The van der Waals surface area contributed by atoms with Gasteiger partial charge in [0, 0.05) is 18.3 Å². The fraction of sp³-hybridized carbons (Fsp3) is 0.231. The summed E-state index contributed by atoms with van der Waals surface area (Å²) in [5.74, 6) is -0.999. The lowest BCUT2D eigenvalue weighted by molar-refractivity contribution is -0.131. The van der Waals surface area contributed by atoms with Gasteiger partial charge in [-0.3, -0.25) is 0 Å². The molecule has 0 heterocycles. The van der Waals surface area contributed by atoms with Crippen molar-refractivity contribution in [2.24, 2.45) is 5.73 Å². The molecule has 1 rings (SSSR count). The maximum atomic E-state index is 11.4. The van der Waals surface area contributed by atoms with Crippen LogP contribution in [0.15, 0.2) is 30.3 Å². The Hall–Kier alpha value is -2.34. The van der Waals surface area contributed by atoms with E-state index in [1.165, 1.54) is 6.08 Å². The number of anilines is 1. The first-order valence-electron chi connectivity index (χ1n) is 5.88. The largest absolute Gasteiger partial charge is 0.478 e. The molecule has 0 spiro atoms. The number of benzene rings is 1. The summed E-state index contributed by atoms with van der Waals surface area (Å²) in [5, 5.41) is 13.8. The van der Waals surface area contributed by atoms with Crippen LogP contribution in [-0.4, -0.2) is 30.2 Å². The molecule has 2 amide bonds. The van der Waals surface area contributed by atoms with Crippen LogP contribution in [0.1, 0.15) is 12.0 Å². The maximum Gasteiger partial charge on any atom is 0.328 e. The summed E-state index contributed by atoms with van der Waals surface area (Å²) >= 11 is 0. The minimum absolute atomic E-state index is 0.290. The summed E-state index contributed by atoms with van der Waals surface area (Å²) < 4.78 is 0. The van der Waals surface area contributed by atoms with Gasteiger partial charge in [0.05, 0.1) is 0 Å². The second-order valence-corrected chi connectivity index (χ2v) is 3.82. The number of carbonyl (C=O) groups is 2. The van der Waals surface area contributed by atoms with Crippen molar-refractivity contribution in [3.63, 3.8) is 0 Å². The first-order valence-corrected chi connectivity index (χ1v) is 5.88. The molecule has 0 saturated carbocycles. The normalized spacial score (nSPS) is 10.4. The molecule has 6 heteroatoms. The number of carbonyl (C=O) groups excluding carboxylic acids is 1. The van der Waals surface area contributed by atoms with Crippen LogP contribution >= 0.6 is 0 Å². The van der Waals surface area contributed by atoms with Gasteiger partial charge in [0.2, 0.25) is 0 Å². The molecule has 0 aliphatic rings. The molecule has 1 aromatic carbocycles. The van der Waals surface area contributed by atoms with E-state index in [9.17, 15) is 9.59 Å². The molecule has 0 unspecified atom stereocenters. The number of hydrogen-bond acceptors (Lipinski definition) is 3. The first-order chi connectivity index (χ1) is 9.11. The van der Waals surface area contributed by atoms with E-state index in [1.807, 2.05) is 0 Å². The molecule has 6 nitrogen and oxygen atoms in total. The van der Waals surface area contributed by atoms with E-state index >= 15 is 0 Å². The molecular formula is C13H17N3O3. The molecule has 0 aliphatic carbocycles. The third-order valence-electron chi connectivity index (χ3n) is 2.25. The number of amides is 2. The van der Waals surface area contributed by atoms with E-state index in [4.69, 9.17) is 10.8 Å². The zero-order valence-electron chi connectivity index (χ0n) is 10.4. The van der Waals surface area contributed by atoms with Crippen molar-refractivity contribution in [2.75, 3.05) is 18.4 Å². The van der Waals surface area contributed by atoms with Crippen LogP contribution in [0.4, 0.5) is 10.5 Å². The number of hydrogen-bond donors (Lipinski definition) is 4. The molecule has 102 valence electrons. The lowest BCUT2D eigenvalue weighted by Crippen LogP contribution is -2.30. The van der Waals surface area contributed by atoms with Crippen molar-refractivity contribution in [1.82, 2.24) is 5.32 Å². The SMILES string of the molecule is NCCCNC(=O)Nc1ccc(C=CC(=O)O)cc1. The Morgan fingerprint density at radius 1 is 1.26 bits per heavy atom. The van der Waals surface area contributed by atoms with Crippen LogP contribution in [0.2, 0.25) is 0 Å². The number of nitrogens with two attached hydrogens (primary N) is 1. The lowest BCUT2D eigenvalue weighted by Gasteiger charge is -2.07. The third kappa shape index (κ3) is 6.23. The van der Waals surface area contributed by atoms with Gasteiger partial charge in [-0.05, 0) is 36.7 Å². The molecule has 5 N–H and O–H groups in total. The van der Waals surface area contributed by atoms with E-state index in [-0.39, 0.29) is 6.03 Å². The Morgan fingerprint density at radius 2 is 1.95 bits per heavy atom.